The van der Waals surface area contributed by atoms with Crippen molar-refractivity contribution < 1.29 is 9.18 Å². The lowest BCUT2D eigenvalue weighted by Gasteiger charge is -2.32. The Balaban J connectivity index is 2.22. The van der Waals surface area contributed by atoms with E-state index in [4.69, 9.17) is 0 Å². The zero-order valence-electron chi connectivity index (χ0n) is 8.78. The molecule has 1 amide bonds. The second-order valence-corrected chi connectivity index (χ2v) is 4.61. The summed E-state index contributed by atoms with van der Waals surface area (Å²) < 4.78 is 14.2. The van der Waals surface area contributed by atoms with E-state index in [0.717, 1.165) is 0 Å². The monoisotopic (exact) mass is 287 g/mol. The van der Waals surface area contributed by atoms with Crippen molar-refractivity contribution in [3.05, 3.63) is 22.6 Å². The number of pyridine rings is 1. The molecule has 0 N–H and O–H groups in total. The summed E-state index contributed by atoms with van der Waals surface area (Å²) in [5.41, 5.74) is 0. The van der Waals surface area contributed by atoms with Gasteiger partial charge in [-0.1, -0.05) is 0 Å². The molecule has 0 aliphatic carbocycles. The van der Waals surface area contributed by atoms with Crippen molar-refractivity contribution in [2.75, 3.05) is 31.6 Å². The van der Waals surface area contributed by atoms with Crippen molar-refractivity contribution in [3.8, 4) is 0 Å². The van der Waals surface area contributed by atoms with Crippen LogP contribution in [0.3, 0.4) is 0 Å². The minimum Gasteiger partial charge on any atom is -0.343 e. The zero-order valence-corrected chi connectivity index (χ0v) is 10.4. The molecule has 0 bridgehead atoms. The maximum Gasteiger partial charge on any atom is 0.241 e. The van der Waals surface area contributed by atoms with E-state index in [9.17, 15) is 9.18 Å². The molecule has 0 unspecified atom stereocenters. The highest BCUT2D eigenvalue weighted by Gasteiger charge is 2.23. The fraction of sp³-hybridized carbons (Fsp3) is 0.400. The van der Waals surface area contributed by atoms with Crippen molar-refractivity contribution >= 4 is 27.7 Å². The molecule has 4 nitrogen and oxygen atoms in total. The molecule has 86 valence electrons. The number of halogens is 2. The van der Waals surface area contributed by atoms with Crippen LogP contribution in [0.1, 0.15) is 0 Å². The minimum atomic E-state index is -0.410. The summed E-state index contributed by atoms with van der Waals surface area (Å²) in [7, 11) is 1.74. The summed E-state index contributed by atoms with van der Waals surface area (Å²) in [6.45, 7) is 1.38. The number of aromatic nitrogens is 1. The third-order valence-electron chi connectivity index (χ3n) is 2.55. The third kappa shape index (κ3) is 2.16. The average molecular weight is 288 g/mol. The van der Waals surface area contributed by atoms with Crippen LogP contribution in [-0.2, 0) is 4.79 Å². The van der Waals surface area contributed by atoms with Crippen LogP contribution in [0, 0.1) is 5.82 Å². The Kier molecular flexibility index (Phi) is 3.09. The number of amides is 1. The van der Waals surface area contributed by atoms with Gasteiger partial charge in [0.1, 0.15) is 0 Å². The zero-order chi connectivity index (χ0) is 11.7. The SMILES string of the molecule is CN1CCN(c2ncc(Br)cc2F)CC1=O. The average Bonchev–Trinajstić information content (AvgIpc) is 2.22. The van der Waals surface area contributed by atoms with Gasteiger partial charge in [0.2, 0.25) is 5.91 Å². The molecule has 0 radical (unpaired) electrons. The number of nitrogens with zero attached hydrogens (tertiary/aromatic N) is 3. The minimum absolute atomic E-state index is 0.0182. The normalized spacial score (nSPS) is 16.8. The Morgan fingerprint density at radius 1 is 1.50 bits per heavy atom. The second kappa shape index (κ2) is 4.37. The van der Waals surface area contributed by atoms with Gasteiger partial charge in [0.05, 0.1) is 6.54 Å². The molecule has 1 aliphatic heterocycles. The van der Waals surface area contributed by atoms with Crippen LogP contribution in [0.4, 0.5) is 10.2 Å². The van der Waals surface area contributed by atoms with E-state index in [1.807, 2.05) is 0 Å². The molecule has 16 heavy (non-hydrogen) atoms. The van der Waals surface area contributed by atoms with Crippen LogP contribution >= 0.6 is 15.9 Å². The lowest BCUT2D eigenvalue weighted by Crippen LogP contribution is -2.49. The highest BCUT2D eigenvalue weighted by molar-refractivity contribution is 9.10. The summed E-state index contributed by atoms with van der Waals surface area (Å²) in [4.78, 5) is 18.8. The summed E-state index contributed by atoms with van der Waals surface area (Å²) in [5, 5.41) is 0. The van der Waals surface area contributed by atoms with Crippen molar-refractivity contribution in [3.63, 3.8) is 0 Å². The van der Waals surface area contributed by atoms with Gasteiger partial charge < -0.3 is 9.80 Å². The molecule has 0 aromatic carbocycles. The Morgan fingerprint density at radius 2 is 2.25 bits per heavy atom. The largest absolute Gasteiger partial charge is 0.343 e. The topological polar surface area (TPSA) is 36.4 Å². The first-order valence-electron chi connectivity index (χ1n) is 4.88. The van der Waals surface area contributed by atoms with Gasteiger partial charge in [0, 0.05) is 30.8 Å². The Labute approximate surface area is 101 Å². The number of piperazine rings is 1. The molecular weight excluding hydrogens is 277 g/mol. The first-order chi connectivity index (χ1) is 7.58. The Bertz CT molecular complexity index is 427. The highest BCUT2D eigenvalue weighted by Crippen LogP contribution is 2.21. The van der Waals surface area contributed by atoms with Gasteiger partial charge in [0.15, 0.2) is 11.6 Å². The molecular formula is C10H11BrFN3O. The molecule has 0 spiro atoms. The number of carbonyl (C=O) groups excluding carboxylic acids is 1. The number of rotatable bonds is 1. The molecule has 1 aromatic heterocycles. The van der Waals surface area contributed by atoms with Crippen molar-refractivity contribution in [2.45, 2.75) is 0 Å². The standard InChI is InChI=1S/C10H11BrFN3O/c1-14-2-3-15(6-9(14)16)10-8(12)4-7(11)5-13-10/h4-5H,2-3,6H2,1H3. The molecule has 1 saturated heterocycles. The smallest absolute Gasteiger partial charge is 0.241 e. The van der Waals surface area contributed by atoms with Crippen LogP contribution < -0.4 is 4.90 Å². The molecule has 6 heteroatoms. The van der Waals surface area contributed by atoms with Crippen LogP contribution in [0.5, 0.6) is 0 Å². The van der Waals surface area contributed by atoms with Crippen molar-refractivity contribution in [2.24, 2.45) is 0 Å². The van der Waals surface area contributed by atoms with Gasteiger partial charge >= 0.3 is 0 Å². The number of likely N-dealkylation sites (N-methyl/N-ethyl adjacent to an activating group) is 1. The predicted octanol–water partition coefficient (Wildman–Crippen LogP) is 1.26. The van der Waals surface area contributed by atoms with Crippen LogP contribution in [0.15, 0.2) is 16.7 Å². The van der Waals surface area contributed by atoms with Crippen molar-refractivity contribution in [1.82, 2.24) is 9.88 Å². The van der Waals surface area contributed by atoms with Gasteiger partial charge in [-0.15, -0.1) is 0 Å². The van der Waals surface area contributed by atoms with Crippen LogP contribution in [-0.4, -0.2) is 42.5 Å². The molecule has 1 aliphatic rings. The maximum absolute atomic E-state index is 13.6. The van der Waals surface area contributed by atoms with Gasteiger partial charge in [-0.3, -0.25) is 4.79 Å². The molecule has 0 saturated carbocycles. The van der Waals surface area contributed by atoms with Gasteiger partial charge in [-0.25, -0.2) is 9.37 Å². The quantitative estimate of drug-likeness (QED) is 0.780. The predicted molar refractivity (Wildman–Crippen MR) is 61.7 cm³/mol. The van der Waals surface area contributed by atoms with E-state index in [-0.39, 0.29) is 18.3 Å². The van der Waals surface area contributed by atoms with E-state index in [2.05, 4.69) is 20.9 Å². The number of anilines is 1. The lowest BCUT2D eigenvalue weighted by atomic mass is 10.3. The summed E-state index contributed by atoms with van der Waals surface area (Å²) >= 11 is 3.15. The molecule has 1 aromatic rings. The fourth-order valence-corrected chi connectivity index (χ4v) is 1.88. The Morgan fingerprint density at radius 3 is 2.88 bits per heavy atom. The Hall–Kier alpha value is -1.17. The van der Waals surface area contributed by atoms with Crippen LogP contribution in [0.25, 0.3) is 0 Å². The number of hydrogen-bond donors (Lipinski definition) is 0. The van der Waals surface area contributed by atoms with Gasteiger partial charge in [-0.2, -0.15) is 0 Å². The number of hydrogen-bond acceptors (Lipinski definition) is 3. The highest BCUT2D eigenvalue weighted by atomic mass is 79.9. The molecule has 2 heterocycles. The van der Waals surface area contributed by atoms with Crippen LogP contribution in [0.2, 0.25) is 0 Å². The van der Waals surface area contributed by atoms with E-state index in [1.54, 1.807) is 16.8 Å². The van der Waals surface area contributed by atoms with E-state index in [0.29, 0.717) is 17.6 Å². The van der Waals surface area contributed by atoms with Gasteiger partial charge in [0.25, 0.3) is 0 Å². The molecule has 1 fully saturated rings. The van der Waals surface area contributed by atoms with E-state index in [1.165, 1.54) is 12.3 Å². The fourth-order valence-electron chi connectivity index (χ4n) is 1.58. The van der Waals surface area contributed by atoms with E-state index >= 15 is 0 Å². The molecule has 2 rings (SSSR count). The third-order valence-corrected chi connectivity index (χ3v) is 2.98. The lowest BCUT2D eigenvalue weighted by molar-refractivity contribution is -0.129. The summed E-state index contributed by atoms with van der Waals surface area (Å²) in [6.07, 6.45) is 1.53. The first-order valence-corrected chi connectivity index (χ1v) is 5.67. The first kappa shape index (κ1) is 11.3. The molecule has 0 atom stereocenters. The van der Waals surface area contributed by atoms with Gasteiger partial charge in [-0.05, 0) is 22.0 Å². The van der Waals surface area contributed by atoms with Crippen molar-refractivity contribution in [1.29, 1.82) is 0 Å². The summed E-state index contributed by atoms with van der Waals surface area (Å²) in [6, 6.07) is 1.35. The van der Waals surface area contributed by atoms with E-state index < -0.39 is 5.82 Å². The summed E-state index contributed by atoms with van der Waals surface area (Å²) in [5.74, 6) is -0.188. The maximum atomic E-state index is 13.6. The second-order valence-electron chi connectivity index (χ2n) is 3.70. The number of carbonyl (C=O) groups is 1.